The van der Waals surface area contributed by atoms with Crippen molar-refractivity contribution in [3.05, 3.63) is 50.7 Å². The average Bonchev–Trinajstić information content (AvgIpc) is 2.99. The molecule has 0 radical (unpaired) electrons. The lowest BCUT2D eigenvalue weighted by atomic mass is 10.1. The number of rotatable bonds is 7. The maximum atomic E-state index is 12.3. The topological polar surface area (TPSA) is 58.2 Å². The van der Waals surface area contributed by atoms with Gasteiger partial charge in [0.05, 0.1) is 11.4 Å². The van der Waals surface area contributed by atoms with Crippen LogP contribution in [0.15, 0.2) is 24.3 Å². The Kier molecular flexibility index (Phi) is 6.76. The molecule has 0 atom stereocenters. The average molecular weight is 359 g/mol. The number of thiophene rings is 1. The third-order valence-electron chi connectivity index (χ3n) is 4.13. The van der Waals surface area contributed by atoms with Crippen molar-refractivity contribution in [1.29, 1.82) is 0 Å². The molecule has 0 fully saturated rings. The van der Waals surface area contributed by atoms with Gasteiger partial charge in [-0.1, -0.05) is 38.5 Å². The number of carbonyl (C=O) groups excluding carboxylic acids is 2. The lowest BCUT2D eigenvalue weighted by molar-refractivity contribution is -0.115. The van der Waals surface area contributed by atoms with Crippen LogP contribution >= 0.6 is 11.3 Å². The summed E-state index contributed by atoms with van der Waals surface area (Å²) in [7, 11) is 0. The summed E-state index contributed by atoms with van der Waals surface area (Å²) in [5.41, 5.74) is 4.07. The monoisotopic (exact) mass is 358 g/mol. The van der Waals surface area contributed by atoms with E-state index in [4.69, 9.17) is 0 Å². The Morgan fingerprint density at radius 1 is 1.12 bits per heavy atom. The van der Waals surface area contributed by atoms with Gasteiger partial charge >= 0.3 is 0 Å². The number of hydrogen-bond acceptors (Lipinski definition) is 3. The first-order chi connectivity index (χ1) is 12.0. The van der Waals surface area contributed by atoms with Crippen LogP contribution in [-0.4, -0.2) is 18.4 Å². The molecule has 2 rings (SSSR count). The van der Waals surface area contributed by atoms with Crippen LogP contribution < -0.4 is 10.6 Å². The fourth-order valence-electron chi connectivity index (χ4n) is 2.76. The zero-order valence-corrected chi connectivity index (χ0v) is 16.2. The summed E-state index contributed by atoms with van der Waals surface area (Å²) in [5, 5.41) is 5.61. The minimum absolute atomic E-state index is 0.0327. The highest BCUT2D eigenvalue weighted by Gasteiger charge is 2.15. The van der Waals surface area contributed by atoms with Crippen molar-refractivity contribution in [3.63, 3.8) is 0 Å². The SMILES string of the molecule is CCCc1sc(C(=O)NCC(=O)Nc2c(C)cccc2C)cc1CC. The molecular weight excluding hydrogens is 332 g/mol. The molecule has 0 unspecified atom stereocenters. The molecule has 0 aliphatic heterocycles. The van der Waals surface area contributed by atoms with Crippen LogP contribution in [0.1, 0.15) is 51.5 Å². The van der Waals surface area contributed by atoms with Crippen LogP contribution in [0.25, 0.3) is 0 Å². The Bertz CT molecular complexity index is 745. The highest BCUT2D eigenvalue weighted by atomic mass is 32.1. The van der Waals surface area contributed by atoms with E-state index in [1.165, 1.54) is 21.8 Å². The Labute approximate surface area is 153 Å². The Morgan fingerprint density at radius 3 is 2.40 bits per heavy atom. The predicted molar refractivity (Wildman–Crippen MR) is 105 cm³/mol. The lowest BCUT2D eigenvalue weighted by Gasteiger charge is -2.11. The van der Waals surface area contributed by atoms with E-state index in [0.29, 0.717) is 4.88 Å². The molecule has 134 valence electrons. The van der Waals surface area contributed by atoms with Crippen molar-refractivity contribution in [3.8, 4) is 0 Å². The minimum Gasteiger partial charge on any atom is -0.342 e. The van der Waals surface area contributed by atoms with Crippen LogP contribution in [0, 0.1) is 13.8 Å². The molecule has 0 aliphatic carbocycles. The number of anilines is 1. The summed E-state index contributed by atoms with van der Waals surface area (Å²) in [6.45, 7) is 8.11. The highest BCUT2D eigenvalue weighted by molar-refractivity contribution is 7.14. The van der Waals surface area contributed by atoms with Crippen molar-refractivity contribution < 1.29 is 9.59 Å². The van der Waals surface area contributed by atoms with Gasteiger partial charge in [0.2, 0.25) is 5.91 Å². The van der Waals surface area contributed by atoms with E-state index in [2.05, 4.69) is 24.5 Å². The van der Waals surface area contributed by atoms with Crippen LogP contribution in [0.4, 0.5) is 5.69 Å². The maximum absolute atomic E-state index is 12.3. The fraction of sp³-hybridized carbons (Fsp3) is 0.400. The summed E-state index contributed by atoms with van der Waals surface area (Å²) >= 11 is 1.53. The molecular formula is C20H26N2O2S. The molecule has 2 N–H and O–H groups in total. The standard InChI is InChI=1S/C20H26N2O2S/c1-5-8-16-15(6-2)11-17(25-16)20(24)21-12-18(23)22-19-13(3)9-7-10-14(19)4/h7,9-11H,5-6,8,12H2,1-4H3,(H,21,24)(H,22,23). The molecule has 5 heteroatoms. The van der Waals surface area contributed by atoms with Crippen LogP contribution in [-0.2, 0) is 17.6 Å². The molecule has 0 spiro atoms. The first-order valence-electron chi connectivity index (χ1n) is 8.72. The van der Waals surface area contributed by atoms with E-state index < -0.39 is 0 Å². The number of nitrogens with one attached hydrogen (secondary N) is 2. The molecule has 0 bridgehead atoms. The molecule has 4 nitrogen and oxygen atoms in total. The van der Waals surface area contributed by atoms with Gasteiger partial charge in [-0.3, -0.25) is 9.59 Å². The molecule has 0 saturated carbocycles. The Morgan fingerprint density at radius 2 is 1.80 bits per heavy atom. The third-order valence-corrected chi connectivity index (χ3v) is 5.37. The number of benzene rings is 1. The molecule has 1 aromatic carbocycles. The molecule has 2 aromatic rings. The highest BCUT2D eigenvalue weighted by Crippen LogP contribution is 2.24. The number of para-hydroxylation sites is 1. The van der Waals surface area contributed by atoms with Crippen molar-refractivity contribution >= 4 is 28.8 Å². The maximum Gasteiger partial charge on any atom is 0.261 e. The van der Waals surface area contributed by atoms with Gasteiger partial charge in [-0.15, -0.1) is 11.3 Å². The summed E-state index contributed by atoms with van der Waals surface area (Å²) < 4.78 is 0. The number of aryl methyl sites for hydroxylation is 4. The third kappa shape index (κ3) is 4.92. The van der Waals surface area contributed by atoms with E-state index in [0.717, 1.165) is 36.1 Å². The van der Waals surface area contributed by atoms with E-state index in [-0.39, 0.29) is 18.4 Å². The van der Waals surface area contributed by atoms with Crippen LogP contribution in [0.3, 0.4) is 0 Å². The quantitative estimate of drug-likeness (QED) is 0.777. The smallest absolute Gasteiger partial charge is 0.261 e. The summed E-state index contributed by atoms with van der Waals surface area (Å²) in [5.74, 6) is -0.398. The summed E-state index contributed by atoms with van der Waals surface area (Å²) in [4.78, 5) is 26.5. The van der Waals surface area contributed by atoms with Gasteiger partial charge in [0.25, 0.3) is 5.91 Å². The summed E-state index contributed by atoms with van der Waals surface area (Å²) in [6, 6.07) is 7.81. The molecule has 0 saturated heterocycles. The molecule has 1 aromatic heterocycles. The molecule has 1 heterocycles. The predicted octanol–water partition coefficient (Wildman–Crippen LogP) is 4.25. The second kappa shape index (κ2) is 8.81. The van der Waals surface area contributed by atoms with Crippen molar-refractivity contribution in [2.24, 2.45) is 0 Å². The number of carbonyl (C=O) groups is 2. The second-order valence-corrected chi connectivity index (χ2v) is 7.30. The van der Waals surface area contributed by atoms with E-state index in [1.54, 1.807) is 0 Å². The van der Waals surface area contributed by atoms with E-state index >= 15 is 0 Å². The fourth-order valence-corrected chi connectivity index (χ4v) is 4.03. The minimum atomic E-state index is -0.216. The van der Waals surface area contributed by atoms with Crippen LogP contribution in [0.2, 0.25) is 0 Å². The normalized spacial score (nSPS) is 10.6. The zero-order chi connectivity index (χ0) is 18.4. The van der Waals surface area contributed by atoms with E-state index in [1.807, 2.05) is 38.1 Å². The van der Waals surface area contributed by atoms with Gasteiger partial charge in [-0.25, -0.2) is 0 Å². The Balaban J connectivity index is 1.96. The zero-order valence-electron chi connectivity index (χ0n) is 15.4. The van der Waals surface area contributed by atoms with E-state index in [9.17, 15) is 9.59 Å². The molecule has 2 amide bonds. The van der Waals surface area contributed by atoms with Gasteiger partial charge in [0.15, 0.2) is 0 Å². The molecule has 25 heavy (non-hydrogen) atoms. The van der Waals surface area contributed by atoms with Crippen molar-refractivity contribution in [2.75, 3.05) is 11.9 Å². The van der Waals surface area contributed by atoms with Crippen molar-refractivity contribution in [1.82, 2.24) is 5.32 Å². The van der Waals surface area contributed by atoms with Crippen LogP contribution in [0.5, 0.6) is 0 Å². The van der Waals surface area contributed by atoms with Crippen molar-refractivity contribution in [2.45, 2.75) is 47.0 Å². The lowest BCUT2D eigenvalue weighted by Crippen LogP contribution is -2.32. The number of hydrogen-bond donors (Lipinski definition) is 2. The van der Waals surface area contributed by atoms with Gasteiger partial charge in [-0.2, -0.15) is 0 Å². The second-order valence-electron chi connectivity index (χ2n) is 6.16. The Hall–Kier alpha value is -2.14. The van der Waals surface area contributed by atoms with Gasteiger partial charge in [-0.05, 0) is 49.4 Å². The largest absolute Gasteiger partial charge is 0.342 e. The molecule has 0 aliphatic rings. The van der Waals surface area contributed by atoms with Gasteiger partial charge < -0.3 is 10.6 Å². The first kappa shape index (κ1) is 19.2. The van der Waals surface area contributed by atoms with Gasteiger partial charge in [0.1, 0.15) is 0 Å². The summed E-state index contributed by atoms with van der Waals surface area (Å²) in [6.07, 6.45) is 2.98. The number of amides is 2. The first-order valence-corrected chi connectivity index (χ1v) is 9.53. The van der Waals surface area contributed by atoms with Gasteiger partial charge in [0, 0.05) is 10.6 Å².